The van der Waals surface area contributed by atoms with E-state index < -0.39 is 0 Å². The third kappa shape index (κ3) is 5.46. The van der Waals surface area contributed by atoms with Gasteiger partial charge in [-0.05, 0) is 70.3 Å². The van der Waals surface area contributed by atoms with Crippen molar-refractivity contribution >= 4 is 5.91 Å². The van der Waals surface area contributed by atoms with E-state index in [0.29, 0.717) is 18.9 Å². The van der Waals surface area contributed by atoms with Crippen molar-refractivity contribution in [3.05, 3.63) is 29.1 Å². The first kappa shape index (κ1) is 16.0. The lowest BCUT2D eigenvalue weighted by molar-refractivity contribution is -0.121. The molecule has 0 unspecified atom stereocenters. The summed E-state index contributed by atoms with van der Waals surface area (Å²) in [6.07, 6.45) is 4.17. The van der Waals surface area contributed by atoms with Gasteiger partial charge < -0.3 is 10.2 Å². The largest absolute Gasteiger partial charge is 0.352 e. The molecule has 1 saturated heterocycles. The van der Waals surface area contributed by atoms with Gasteiger partial charge in [-0.15, -0.1) is 0 Å². The van der Waals surface area contributed by atoms with E-state index in [1.807, 2.05) is 26.0 Å². The van der Waals surface area contributed by atoms with Crippen LogP contribution in [0.5, 0.6) is 0 Å². The van der Waals surface area contributed by atoms with Crippen LogP contribution in [-0.2, 0) is 11.3 Å². The summed E-state index contributed by atoms with van der Waals surface area (Å²) in [4.78, 5) is 18.7. The summed E-state index contributed by atoms with van der Waals surface area (Å²) in [6.45, 7) is 6.91. The molecule has 116 valence electrons. The first-order valence-electron chi connectivity index (χ1n) is 7.92. The van der Waals surface area contributed by atoms with Crippen LogP contribution in [0.4, 0.5) is 0 Å². The average molecular weight is 289 g/mol. The van der Waals surface area contributed by atoms with Crippen molar-refractivity contribution in [2.45, 2.75) is 46.1 Å². The van der Waals surface area contributed by atoms with E-state index in [-0.39, 0.29) is 5.91 Å². The SMILES string of the molecule is Cc1cc(CNC(=O)CC[C@H]2CCCN(C)C2)cc(C)n1. The Hall–Kier alpha value is -1.42. The predicted molar refractivity (Wildman–Crippen MR) is 85.0 cm³/mol. The van der Waals surface area contributed by atoms with E-state index in [1.54, 1.807) is 0 Å². The smallest absolute Gasteiger partial charge is 0.220 e. The van der Waals surface area contributed by atoms with E-state index in [2.05, 4.69) is 22.2 Å². The van der Waals surface area contributed by atoms with Crippen LogP contribution in [0.3, 0.4) is 0 Å². The second-order valence-electron chi connectivity index (χ2n) is 6.34. The van der Waals surface area contributed by atoms with Gasteiger partial charge >= 0.3 is 0 Å². The summed E-state index contributed by atoms with van der Waals surface area (Å²) in [6, 6.07) is 4.06. The molecule has 0 saturated carbocycles. The maximum Gasteiger partial charge on any atom is 0.220 e. The molecule has 2 rings (SSSR count). The fourth-order valence-electron chi connectivity index (χ4n) is 3.16. The number of amides is 1. The Balaban J connectivity index is 1.72. The van der Waals surface area contributed by atoms with E-state index >= 15 is 0 Å². The average Bonchev–Trinajstić information content (AvgIpc) is 2.42. The number of pyridine rings is 1. The Labute approximate surface area is 127 Å². The lowest BCUT2D eigenvalue weighted by atomic mass is 9.93. The molecule has 1 N–H and O–H groups in total. The summed E-state index contributed by atoms with van der Waals surface area (Å²) in [5.74, 6) is 0.843. The summed E-state index contributed by atoms with van der Waals surface area (Å²) in [5, 5.41) is 3.02. The molecule has 1 aromatic heterocycles. The molecule has 1 aliphatic heterocycles. The molecule has 1 fully saturated rings. The highest BCUT2D eigenvalue weighted by molar-refractivity contribution is 5.75. The lowest BCUT2D eigenvalue weighted by Gasteiger charge is -2.29. The van der Waals surface area contributed by atoms with Crippen molar-refractivity contribution in [1.82, 2.24) is 15.2 Å². The monoisotopic (exact) mass is 289 g/mol. The van der Waals surface area contributed by atoms with Crippen molar-refractivity contribution in [1.29, 1.82) is 0 Å². The lowest BCUT2D eigenvalue weighted by Crippen LogP contribution is -2.33. The third-order valence-corrected chi connectivity index (χ3v) is 4.13. The molecule has 21 heavy (non-hydrogen) atoms. The van der Waals surface area contributed by atoms with Crippen LogP contribution < -0.4 is 5.32 Å². The quantitative estimate of drug-likeness (QED) is 0.905. The highest BCUT2D eigenvalue weighted by Gasteiger charge is 2.17. The minimum atomic E-state index is 0.162. The molecule has 1 aliphatic rings. The number of piperidine rings is 1. The summed E-state index contributed by atoms with van der Waals surface area (Å²) in [7, 11) is 2.17. The Morgan fingerprint density at radius 1 is 1.38 bits per heavy atom. The van der Waals surface area contributed by atoms with Gasteiger partial charge in [0, 0.05) is 30.9 Å². The molecule has 1 atom stereocenters. The first-order chi connectivity index (χ1) is 10.0. The number of aryl methyl sites for hydroxylation is 2. The molecule has 1 aromatic rings. The topological polar surface area (TPSA) is 45.2 Å². The fraction of sp³-hybridized carbons (Fsp3) is 0.647. The molecule has 1 amide bonds. The van der Waals surface area contributed by atoms with Crippen molar-refractivity contribution in [2.24, 2.45) is 5.92 Å². The maximum absolute atomic E-state index is 12.0. The van der Waals surface area contributed by atoms with Crippen molar-refractivity contribution in [3.63, 3.8) is 0 Å². The number of nitrogens with one attached hydrogen (secondary N) is 1. The Bertz CT molecular complexity index is 467. The Morgan fingerprint density at radius 2 is 2.10 bits per heavy atom. The van der Waals surface area contributed by atoms with Gasteiger partial charge in [-0.1, -0.05) is 0 Å². The molecule has 0 aromatic carbocycles. The second-order valence-corrected chi connectivity index (χ2v) is 6.34. The molecular weight excluding hydrogens is 262 g/mol. The number of hydrogen-bond acceptors (Lipinski definition) is 3. The van der Waals surface area contributed by atoms with Gasteiger partial charge in [0.15, 0.2) is 0 Å². The molecule has 0 aliphatic carbocycles. The number of rotatable bonds is 5. The first-order valence-corrected chi connectivity index (χ1v) is 7.92. The van der Waals surface area contributed by atoms with E-state index in [4.69, 9.17) is 0 Å². The predicted octanol–water partition coefficient (Wildman–Crippen LogP) is 2.44. The highest BCUT2D eigenvalue weighted by Crippen LogP contribution is 2.19. The second kappa shape index (κ2) is 7.55. The minimum Gasteiger partial charge on any atom is -0.352 e. The van der Waals surface area contributed by atoms with Crippen LogP contribution in [0.2, 0.25) is 0 Å². The van der Waals surface area contributed by atoms with E-state index in [1.165, 1.54) is 19.4 Å². The van der Waals surface area contributed by atoms with Gasteiger partial charge in [0.2, 0.25) is 5.91 Å². The zero-order chi connectivity index (χ0) is 15.2. The van der Waals surface area contributed by atoms with Crippen LogP contribution >= 0.6 is 0 Å². The number of hydrogen-bond donors (Lipinski definition) is 1. The van der Waals surface area contributed by atoms with E-state index in [0.717, 1.165) is 29.9 Å². The van der Waals surface area contributed by atoms with Gasteiger partial charge in [-0.3, -0.25) is 9.78 Å². The number of carbonyl (C=O) groups excluding carboxylic acids is 1. The summed E-state index contributed by atoms with van der Waals surface area (Å²) >= 11 is 0. The van der Waals surface area contributed by atoms with Gasteiger partial charge in [-0.25, -0.2) is 0 Å². The standard InChI is InChI=1S/C17H27N3O/c1-13-9-16(10-14(2)19-13)11-18-17(21)7-6-15-5-4-8-20(3)12-15/h9-10,15H,4-8,11-12H2,1-3H3,(H,18,21)/t15-/m1/s1. The number of likely N-dealkylation sites (tertiary alicyclic amines) is 1. The fourth-order valence-corrected chi connectivity index (χ4v) is 3.16. The molecule has 0 spiro atoms. The number of nitrogens with zero attached hydrogens (tertiary/aromatic N) is 2. The van der Waals surface area contributed by atoms with Gasteiger partial charge in [0.05, 0.1) is 0 Å². The zero-order valence-corrected chi connectivity index (χ0v) is 13.5. The molecule has 4 heteroatoms. The van der Waals surface area contributed by atoms with Gasteiger partial charge in [-0.2, -0.15) is 0 Å². The van der Waals surface area contributed by atoms with Crippen molar-refractivity contribution < 1.29 is 4.79 Å². The zero-order valence-electron chi connectivity index (χ0n) is 13.5. The molecular formula is C17H27N3O. The molecule has 4 nitrogen and oxygen atoms in total. The number of carbonyl (C=O) groups is 1. The molecule has 0 radical (unpaired) electrons. The van der Waals surface area contributed by atoms with Crippen LogP contribution in [-0.4, -0.2) is 35.9 Å². The highest BCUT2D eigenvalue weighted by atomic mass is 16.1. The Kier molecular flexibility index (Phi) is 5.74. The number of aromatic nitrogens is 1. The van der Waals surface area contributed by atoms with Crippen LogP contribution in [0.25, 0.3) is 0 Å². The normalized spacial score (nSPS) is 19.5. The van der Waals surface area contributed by atoms with Crippen LogP contribution in [0.15, 0.2) is 12.1 Å². The maximum atomic E-state index is 12.0. The minimum absolute atomic E-state index is 0.162. The summed E-state index contributed by atoms with van der Waals surface area (Å²) in [5.41, 5.74) is 3.14. The summed E-state index contributed by atoms with van der Waals surface area (Å²) < 4.78 is 0. The third-order valence-electron chi connectivity index (χ3n) is 4.13. The van der Waals surface area contributed by atoms with Gasteiger partial charge in [0.1, 0.15) is 0 Å². The van der Waals surface area contributed by atoms with Gasteiger partial charge in [0.25, 0.3) is 0 Å². The van der Waals surface area contributed by atoms with Crippen molar-refractivity contribution in [3.8, 4) is 0 Å². The molecule has 0 bridgehead atoms. The van der Waals surface area contributed by atoms with Crippen LogP contribution in [0.1, 0.15) is 42.6 Å². The van der Waals surface area contributed by atoms with Crippen LogP contribution in [0, 0.1) is 19.8 Å². The Morgan fingerprint density at radius 3 is 2.76 bits per heavy atom. The molecule has 2 heterocycles. The van der Waals surface area contributed by atoms with Crippen molar-refractivity contribution in [2.75, 3.05) is 20.1 Å². The van der Waals surface area contributed by atoms with E-state index in [9.17, 15) is 4.79 Å².